The first kappa shape index (κ1) is 17.7. The summed E-state index contributed by atoms with van der Waals surface area (Å²) in [7, 11) is 0. The van der Waals surface area contributed by atoms with Crippen LogP contribution in [0.25, 0.3) is 22.4 Å². The minimum Gasteiger partial charge on any atom is -0.383 e. The molecule has 0 atom stereocenters. The van der Waals surface area contributed by atoms with Crippen molar-refractivity contribution < 1.29 is 0 Å². The molecular formula is C23H23N3. The van der Waals surface area contributed by atoms with Gasteiger partial charge in [-0.1, -0.05) is 67.9 Å². The molecule has 0 amide bonds. The van der Waals surface area contributed by atoms with Gasteiger partial charge in [-0.15, -0.1) is 0 Å². The molecule has 0 saturated carbocycles. The first-order valence-electron chi connectivity index (χ1n) is 8.80. The second-order valence-electron chi connectivity index (χ2n) is 6.98. The molecule has 1 aromatic heterocycles. The molecule has 3 aromatic rings. The smallest absolute Gasteiger partial charge is 0.142 e. The van der Waals surface area contributed by atoms with Gasteiger partial charge in [-0.25, -0.2) is 4.98 Å². The Labute approximate surface area is 155 Å². The number of aryl methyl sites for hydroxylation is 1. The van der Waals surface area contributed by atoms with Crippen LogP contribution in [0, 0.1) is 25.2 Å². The molecule has 0 aliphatic carbocycles. The molecule has 0 bridgehead atoms. The van der Waals surface area contributed by atoms with Crippen molar-refractivity contribution in [2.75, 3.05) is 5.73 Å². The Bertz CT molecular complexity index is 976. The number of benzene rings is 2. The highest BCUT2D eigenvalue weighted by Crippen LogP contribution is 2.36. The fourth-order valence-corrected chi connectivity index (χ4v) is 3.20. The zero-order valence-corrected chi connectivity index (χ0v) is 15.7. The number of hydrogen-bond donors (Lipinski definition) is 1. The number of nitrogens with two attached hydrogens (primary N) is 1. The largest absolute Gasteiger partial charge is 0.383 e. The van der Waals surface area contributed by atoms with Crippen LogP contribution in [0.1, 0.15) is 42.0 Å². The monoisotopic (exact) mass is 341 g/mol. The lowest BCUT2D eigenvalue weighted by atomic mass is 9.91. The van der Waals surface area contributed by atoms with Crippen LogP contribution in [0.5, 0.6) is 0 Å². The van der Waals surface area contributed by atoms with Crippen LogP contribution in [0.4, 0.5) is 5.82 Å². The van der Waals surface area contributed by atoms with Gasteiger partial charge in [0.25, 0.3) is 0 Å². The molecule has 0 fully saturated rings. The van der Waals surface area contributed by atoms with E-state index in [1.54, 1.807) is 0 Å². The standard InChI is InChI=1S/C23H23N3/c1-14(2)17-9-11-18(12-10-17)21-16(4)22(26-23(25)20(21)13-24)19-7-5-15(3)6-8-19/h5-12,14H,1-4H3,(H2,25,26). The Balaban J connectivity index is 2.23. The third-order valence-corrected chi connectivity index (χ3v) is 4.77. The average molecular weight is 341 g/mol. The van der Waals surface area contributed by atoms with Gasteiger partial charge in [0.1, 0.15) is 17.5 Å². The van der Waals surface area contributed by atoms with E-state index < -0.39 is 0 Å². The SMILES string of the molecule is Cc1ccc(-c2nc(N)c(C#N)c(-c3ccc(C(C)C)cc3)c2C)cc1. The van der Waals surface area contributed by atoms with Crippen LogP contribution >= 0.6 is 0 Å². The van der Waals surface area contributed by atoms with Crippen LogP contribution in [0.2, 0.25) is 0 Å². The van der Waals surface area contributed by atoms with E-state index in [0.717, 1.165) is 27.9 Å². The highest BCUT2D eigenvalue weighted by atomic mass is 14.9. The third-order valence-electron chi connectivity index (χ3n) is 4.77. The zero-order chi connectivity index (χ0) is 18.8. The second kappa shape index (κ2) is 7.01. The lowest BCUT2D eigenvalue weighted by Crippen LogP contribution is -2.03. The maximum absolute atomic E-state index is 9.66. The second-order valence-corrected chi connectivity index (χ2v) is 6.98. The maximum Gasteiger partial charge on any atom is 0.142 e. The molecule has 3 rings (SSSR count). The number of nitrogen functional groups attached to an aromatic ring is 1. The molecule has 0 unspecified atom stereocenters. The van der Waals surface area contributed by atoms with Crippen molar-refractivity contribution in [2.24, 2.45) is 0 Å². The fourth-order valence-electron chi connectivity index (χ4n) is 3.20. The van der Waals surface area contributed by atoms with E-state index in [-0.39, 0.29) is 5.82 Å². The summed E-state index contributed by atoms with van der Waals surface area (Å²) < 4.78 is 0. The summed E-state index contributed by atoms with van der Waals surface area (Å²) >= 11 is 0. The van der Waals surface area contributed by atoms with Gasteiger partial charge in [-0.3, -0.25) is 0 Å². The van der Waals surface area contributed by atoms with Crippen molar-refractivity contribution in [2.45, 2.75) is 33.6 Å². The lowest BCUT2D eigenvalue weighted by molar-refractivity contribution is 0.867. The highest BCUT2D eigenvalue weighted by Gasteiger charge is 2.18. The van der Waals surface area contributed by atoms with E-state index >= 15 is 0 Å². The number of pyridine rings is 1. The van der Waals surface area contributed by atoms with E-state index in [2.05, 4.69) is 68.2 Å². The topological polar surface area (TPSA) is 62.7 Å². The minimum atomic E-state index is 0.275. The normalized spacial score (nSPS) is 10.8. The number of anilines is 1. The van der Waals surface area contributed by atoms with Crippen molar-refractivity contribution in [1.82, 2.24) is 4.98 Å². The Hall–Kier alpha value is -3.12. The molecule has 26 heavy (non-hydrogen) atoms. The van der Waals surface area contributed by atoms with Crippen LogP contribution < -0.4 is 5.73 Å². The van der Waals surface area contributed by atoms with Gasteiger partial charge in [0.2, 0.25) is 0 Å². The predicted molar refractivity (Wildman–Crippen MR) is 108 cm³/mol. The average Bonchev–Trinajstić information content (AvgIpc) is 2.64. The first-order chi connectivity index (χ1) is 12.4. The van der Waals surface area contributed by atoms with Crippen molar-refractivity contribution in [3.63, 3.8) is 0 Å². The Morgan fingerprint density at radius 3 is 2.04 bits per heavy atom. The number of nitriles is 1. The Morgan fingerprint density at radius 2 is 1.50 bits per heavy atom. The molecule has 3 heteroatoms. The fraction of sp³-hybridized carbons (Fsp3) is 0.217. The molecule has 0 aliphatic rings. The molecule has 2 N–H and O–H groups in total. The molecule has 0 aliphatic heterocycles. The van der Waals surface area contributed by atoms with E-state index in [4.69, 9.17) is 5.73 Å². The van der Waals surface area contributed by atoms with Gasteiger partial charge in [0.05, 0.1) is 5.69 Å². The van der Waals surface area contributed by atoms with Crippen molar-refractivity contribution in [3.05, 3.63) is 70.8 Å². The molecule has 1 heterocycles. The maximum atomic E-state index is 9.66. The van der Waals surface area contributed by atoms with Crippen molar-refractivity contribution in [1.29, 1.82) is 5.26 Å². The summed E-state index contributed by atoms with van der Waals surface area (Å²) in [5.74, 6) is 0.739. The lowest BCUT2D eigenvalue weighted by Gasteiger charge is -2.16. The van der Waals surface area contributed by atoms with Crippen LogP contribution in [0.3, 0.4) is 0 Å². The zero-order valence-electron chi connectivity index (χ0n) is 15.7. The van der Waals surface area contributed by atoms with E-state index in [1.165, 1.54) is 11.1 Å². The molecular weight excluding hydrogens is 318 g/mol. The van der Waals surface area contributed by atoms with Gasteiger partial charge >= 0.3 is 0 Å². The van der Waals surface area contributed by atoms with Gasteiger partial charge in [-0.05, 0) is 36.5 Å². The molecule has 0 spiro atoms. The van der Waals surface area contributed by atoms with Crippen molar-refractivity contribution in [3.8, 4) is 28.5 Å². The van der Waals surface area contributed by atoms with Gasteiger partial charge in [0.15, 0.2) is 0 Å². The van der Waals surface area contributed by atoms with Gasteiger partial charge in [0, 0.05) is 11.1 Å². The molecule has 0 radical (unpaired) electrons. The number of hydrogen-bond acceptors (Lipinski definition) is 3. The highest BCUT2D eigenvalue weighted by molar-refractivity contribution is 5.84. The summed E-state index contributed by atoms with van der Waals surface area (Å²) in [5, 5.41) is 9.66. The summed E-state index contributed by atoms with van der Waals surface area (Å²) in [6.45, 7) is 8.40. The Morgan fingerprint density at radius 1 is 0.923 bits per heavy atom. The van der Waals surface area contributed by atoms with E-state index in [1.807, 2.05) is 19.1 Å². The van der Waals surface area contributed by atoms with Gasteiger partial charge < -0.3 is 5.73 Å². The first-order valence-corrected chi connectivity index (χ1v) is 8.80. The number of nitrogens with zero attached hydrogens (tertiary/aromatic N) is 2. The predicted octanol–water partition coefficient (Wildman–Crippen LogP) is 5.61. The summed E-state index contributed by atoms with van der Waals surface area (Å²) in [4.78, 5) is 4.53. The third kappa shape index (κ3) is 3.19. The molecule has 130 valence electrons. The van der Waals surface area contributed by atoms with Crippen molar-refractivity contribution >= 4 is 5.82 Å². The minimum absolute atomic E-state index is 0.275. The number of aromatic nitrogens is 1. The molecule has 2 aromatic carbocycles. The van der Waals surface area contributed by atoms with E-state index in [0.29, 0.717) is 11.5 Å². The summed E-state index contributed by atoms with van der Waals surface area (Å²) in [5.41, 5.74) is 13.7. The number of rotatable bonds is 3. The Kier molecular flexibility index (Phi) is 4.77. The van der Waals surface area contributed by atoms with Gasteiger partial charge in [-0.2, -0.15) is 5.26 Å². The summed E-state index contributed by atoms with van der Waals surface area (Å²) in [6, 6.07) is 18.8. The van der Waals surface area contributed by atoms with Crippen LogP contribution in [-0.2, 0) is 0 Å². The van der Waals surface area contributed by atoms with Crippen LogP contribution in [-0.4, -0.2) is 4.98 Å². The molecule has 0 saturated heterocycles. The molecule has 3 nitrogen and oxygen atoms in total. The summed E-state index contributed by atoms with van der Waals surface area (Å²) in [6.07, 6.45) is 0. The quantitative estimate of drug-likeness (QED) is 0.673. The van der Waals surface area contributed by atoms with E-state index in [9.17, 15) is 5.26 Å². The van der Waals surface area contributed by atoms with Crippen LogP contribution in [0.15, 0.2) is 48.5 Å².